The van der Waals surface area contributed by atoms with Gasteiger partial charge in [0.2, 0.25) is 0 Å². The van der Waals surface area contributed by atoms with Crippen molar-refractivity contribution in [2.45, 2.75) is 52.4 Å². The zero-order chi connectivity index (χ0) is 56.4. The van der Waals surface area contributed by atoms with Crippen LogP contribution in [0.4, 0.5) is 22.7 Å². The number of fused-ring (bicyclic) bond motifs is 4. The van der Waals surface area contributed by atoms with Crippen LogP contribution in [0.2, 0.25) is 0 Å². The third-order valence-electron chi connectivity index (χ3n) is 15.1. The van der Waals surface area contributed by atoms with E-state index in [9.17, 15) is 4.11 Å². The molecule has 0 aliphatic carbocycles. The molecule has 0 saturated heterocycles. The molecule has 0 bridgehead atoms. The number of para-hydroxylation sites is 3. The van der Waals surface area contributed by atoms with Gasteiger partial charge in [-0.2, -0.15) is 12.1 Å². The number of pyridine rings is 1. The van der Waals surface area contributed by atoms with E-state index in [1.165, 1.54) is 5.56 Å². The Bertz CT molecular complexity index is 4380. The molecule has 1 aliphatic heterocycles. The third-order valence-corrected chi connectivity index (χ3v) is 15.1. The molecular formula is C74H59N4OPt-3. The summed E-state index contributed by atoms with van der Waals surface area (Å²) in [6, 6.07) is 82.0. The van der Waals surface area contributed by atoms with Gasteiger partial charge in [0.1, 0.15) is 5.82 Å². The van der Waals surface area contributed by atoms with E-state index in [4.69, 9.17) is 9.72 Å². The smallest absolute Gasteiger partial charge is 0.135 e. The summed E-state index contributed by atoms with van der Waals surface area (Å²) < 4.78 is 37.8. The van der Waals surface area contributed by atoms with Crippen LogP contribution in [0.1, 0.15) is 56.8 Å². The first-order valence-electron chi connectivity index (χ1n) is 28.4. The van der Waals surface area contributed by atoms with Crippen LogP contribution in [0, 0.1) is 18.8 Å². The van der Waals surface area contributed by atoms with Crippen molar-refractivity contribution >= 4 is 44.6 Å². The van der Waals surface area contributed by atoms with E-state index in [2.05, 4.69) is 215 Å². The molecule has 3 heterocycles. The topological polar surface area (TPSA) is 33.5 Å². The average Bonchev–Trinajstić information content (AvgIpc) is 2.85. The Morgan fingerprint density at radius 1 is 0.487 bits per heavy atom. The van der Waals surface area contributed by atoms with Crippen molar-refractivity contribution in [3.05, 3.63) is 273 Å². The van der Waals surface area contributed by atoms with Gasteiger partial charge in [0.05, 0.1) is 0 Å². The Morgan fingerprint density at radius 3 is 1.65 bits per heavy atom. The second-order valence-corrected chi connectivity index (χ2v) is 22.3. The van der Waals surface area contributed by atoms with Gasteiger partial charge in [0, 0.05) is 79.4 Å². The van der Waals surface area contributed by atoms with Gasteiger partial charge < -0.3 is 19.1 Å². The summed E-state index contributed by atoms with van der Waals surface area (Å²) in [5.41, 5.74) is 16.8. The van der Waals surface area contributed by atoms with E-state index in [0.29, 0.717) is 5.75 Å². The van der Waals surface area contributed by atoms with E-state index in [0.717, 1.165) is 106 Å². The number of hydrogen-bond donors (Lipinski definition) is 0. The molecule has 0 unspecified atom stereocenters. The third kappa shape index (κ3) is 9.71. The summed E-state index contributed by atoms with van der Waals surface area (Å²) in [5, 5.41) is 1.95. The first-order chi connectivity index (χ1) is 39.7. The van der Waals surface area contributed by atoms with Crippen molar-refractivity contribution in [2.24, 2.45) is 0 Å². The first-order valence-corrected chi connectivity index (χ1v) is 26.9. The summed E-state index contributed by atoms with van der Waals surface area (Å²) in [6.07, 6.45) is 1.98. The quantitative estimate of drug-likeness (QED) is 0.128. The molecular weight excluding hydrogens is 1160 g/mol. The Labute approximate surface area is 488 Å². The van der Waals surface area contributed by atoms with Crippen molar-refractivity contribution in [1.29, 1.82) is 0 Å². The fourth-order valence-electron chi connectivity index (χ4n) is 11.1. The second-order valence-electron chi connectivity index (χ2n) is 22.3. The zero-order valence-electron chi connectivity index (χ0n) is 48.5. The standard InChI is InChI=1S/C74H59N4O.Pt/c1-73(2,3)56-40-37-54(38-41-56)60-34-22-33-59(51-25-13-8-14-26-51)72(60)77-49-76(67-35-19-20-36-68(67)77)57-31-21-32-58(44-57)79-70-47-69-63(45-61(70)52-27-15-9-16-28-52)62-43-55(50-23-11-7-12-24-50)39-42-66(62)78(69)71-46-65(74(4,5)6)64(48-75-71)53-29-17-10-18-30-53;/h7-43,45-46,48-49H,1-6H3;/q-3;/i21D,31D,32D;. The van der Waals surface area contributed by atoms with Gasteiger partial charge in [-0.1, -0.05) is 246 Å². The van der Waals surface area contributed by atoms with Crippen LogP contribution in [-0.4, -0.2) is 9.55 Å². The van der Waals surface area contributed by atoms with Crippen molar-refractivity contribution in [1.82, 2.24) is 9.55 Å². The minimum absolute atomic E-state index is 0. The predicted octanol–water partition coefficient (Wildman–Crippen LogP) is 19.9. The number of nitrogens with zero attached hydrogens (tertiary/aromatic N) is 4. The van der Waals surface area contributed by atoms with Gasteiger partial charge in [-0.15, -0.1) is 42.0 Å². The number of ether oxygens (including phenoxy) is 1. The largest absolute Gasteiger partial charge is 0.509 e. The molecule has 1 aliphatic rings. The molecule has 0 atom stereocenters. The van der Waals surface area contributed by atoms with E-state index in [1.807, 2.05) is 84.5 Å². The van der Waals surface area contributed by atoms with Crippen LogP contribution in [0.25, 0.3) is 83.3 Å². The molecule has 13 rings (SSSR count). The van der Waals surface area contributed by atoms with Crippen LogP contribution in [0.15, 0.2) is 243 Å². The summed E-state index contributed by atoms with van der Waals surface area (Å²) in [4.78, 5) is 9.33. The molecule has 0 saturated carbocycles. The van der Waals surface area contributed by atoms with E-state index >= 15 is 0 Å². The van der Waals surface area contributed by atoms with Crippen LogP contribution in [0.3, 0.4) is 0 Å². The SMILES string of the molecule is [2H]c1c(Oc2[c-]c3c(cc2-c2ccccc2)c2cc(-c4ccccc4)ccc2n3-c2cc(C(C)(C)C)c(-c3ccccc3)cn2)[c-]c(N2[CH-]N(c3c(-c4ccccc4)cccc3-c3ccc(C(C)(C)C)cc3)c3ccccc32)c([2H])c1[2H].[Pt]. The summed E-state index contributed by atoms with van der Waals surface area (Å²) >= 11 is 0. The number of benzene rings is 10. The molecule has 0 amide bonds. The van der Waals surface area contributed by atoms with Crippen LogP contribution in [-0.2, 0) is 31.9 Å². The number of anilines is 4. The molecule has 12 aromatic rings. The molecule has 10 aromatic carbocycles. The monoisotopic (exact) mass is 1220 g/mol. The molecule has 6 heteroatoms. The normalized spacial score (nSPS) is 12.9. The maximum atomic E-state index is 9.60. The predicted molar refractivity (Wildman–Crippen MR) is 329 cm³/mol. The Morgan fingerprint density at radius 2 is 1.04 bits per heavy atom. The van der Waals surface area contributed by atoms with Crippen molar-refractivity contribution < 1.29 is 29.9 Å². The summed E-state index contributed by atoms with van der Waals surface area (Å²) in [7, 11) is 0. The first kappa shape index (κ1) is 48.4. The molecule has 0 radical (unpaired) electrons. The van der Waals surface area contributed by atoms with Crippen LogP contribution in [0.5, 0.6) is 11.5 Å². The molecule has 394 valence electrons. The van der Waals surface area contributed by atoms with E-state index in [1.54, 1.807) is 0 Å². The molecule has 0 spiro atoms. The Hall–Kier alpha value is -8.76. The van der Waals surface area contributed by atoms with Gasteiger partial charge >= 0.3 is 0 Å². The zero-order valence-corrected chi connectivity index (χ0v) is 47.7. The van der Waals surface area contributed by atoms with Crippen molar-refractivity contribution in [3.8, 4) is 73.0 Å². The van der Waals surface area contributed by atoms with E-state index < -0.39 is 0 Å². The van der Waals surface area contributed by atoms with Crippen LogP contribution < -0.4 is 14.5 Å². The minimum atomic E-state index is -0.292. The van der Waals surface area contributed by atoms with Gasteiger partial charge in [-0.05, 0) is 82.2 Å². The average molecular weight is 1220 g/mol. The van der Waals surface area contributed by atoms with Gasteiger partial charge in [0.25, 0.3) is 0 Å². The Balaban J connectivity index is 0.00000680. The number of hydrogen-bond acceptors (Lipinski definition) is 4. The molecule has 5 nitrogen and oxygen atoms in total. The van der Waals surface area contributed by atoms with E-state index in [-0.39, 0.29) is 61.5 Å². The maximum absolute atomic E-state index is 9.60. The van der Waals surface area contributed by atoms with Gasteiger partial charge in [-0.25, -0.2) is 4.98 Å². The molecule has 80 heavy (non-hydrogen) atoms. The fourth-order valence-corrected chi connectivity index (χ4v) is 11.1. The molecule has 0 fully saturated rings. The Kier molecular flexibility index (Phi) is 12.8. The van der Waals surface area contributed by atoms with Gasteiger partial charge in [0.15, 0.2) is 0 Å². The van der Waals surface area contributed by atoms with Gasteiger partial charge in [-0.3, -0.25) is 0 Å². The number of rotatable bonds is 10. The second kappa shape index (κ2) is 21.1. The van der Waals surface area contributed by atoms with Crippen molar-refractivity contribution in [2.75, 3.05) is 9.80 Å². The van der Waals surface area contributed by atoms with Crippen molar-refractivity contribution in [3.63, 3.8) is 0 Å². The fraction of sp³-hybridized carbons (Fsp3) is 0.108. The summed E-state index contributed by atoms with van der Waals surface area (Å²) in [6.45, 7) is 15.4. The van der Waals surface area contributed by atoms with Crippen LogP contribution >= 0.6 is 0 Å². The molecule has 0 N–H and O–H groups in total. The summed E-state index contributed by atoms with van der Waals surface area (Å²) in [5.74, 6) is 1.05. The number of aromatic nitrogens is 2. The minimum Gasteiger partial charge on any atom is -0.509 e. The maximum Gasteiger partial charge on any atom is 0.135 e. The molecule has 2 aromatic heterocycles.